The standard InChI is InChI=1S/C14H13ClF5N3/c1-3-23-13(9(15)6-21-23)12-10(16)4-8(5-11(12)17)22-7(2)14(18,19)20/h4-7,22H,3H2,1-2H3/t7-/m1/s1. The molecule has 2 aromatic rings. The van der Waals surface area contributed by atoms with Gasteiger partial charge in [0, 0.05) is 12.2 Å². The molecule has 0 aliphatic heterocycles. The van der Waals surface area contributed by atoms with Gasteiger partial charge in [0.25, 0.3) is 0 Å². The van der Waals surface area contributed by atoms with Crippen LogP contribution in [-0.2, 0) is 6.54 Å². The molecule has 0 fully saturated rings. The Kier molecular flexibility index (Phi) is 4.84. The number of benzene rings is 1. The van der Waals surface area contributed by atoms with Gasteiger partial charge in [0.2, 0.25) is 0 Å². The summed E-state index contributed by atoms with van der Waals surface area (Å²) in [6.45, 7) is 2.89. The van der Waals surface area contributed by atoms with Gasteiger partial charge in [-0.05, 0) is 26.0 Å². The molecule has 0 saturated heterocycles. The molecule has 1 N–H and O–H groups in total. The third-order valence-corrected chi connectivity index (χ3v) is 3.52. The van der Waals surface area contributed by atoms with Crippen LogP contribution in [-0.4, -0.2) is 22.0 Å². The number of anilines is 1. The van der Waals surface area contributed by atoms with Gasteiger partial charge < -0.3 is 5.32 Å². The Hall–Kier alpha value is -1.83. The summed E-state index contributed by atoms with van der Waals surface area (Å²) in [4.78, 5) is 0. The van der Waals surface area contributed by atoms with Crippen LogP contribution in [0.1, 0.15) is 13.8 Å². The molecule has 0 spiro atoms. The van der Waals surface area contributed by atoms with Gasteiger partial charge in [-0.25, -0.2) is 8.78 Å². The molecule has 0 aliphatic rings. The molecule has 23 heavy (non-hydrogen) atoms. The maximum absolute atomic E-state index is 14.3. The molecule has 1 atom stereocenters. The molecule has 3 nitrogen and oxygen atoms in total. The van der Waals surface area contributed by atoms with Gasteiger partial charge in [-0.1, -0.05) is 11.6 Å². The molecular formula is C14H13ClF5N3. The first-order valence-electron chi connectivity index (χ1n) is 6.69. The van der Waals surface area contributed by atoms with E-state index in [4.69, 9.17) is 11.6 Å². The van der Waals surface area contributed by atoms with Crippen molar-refractivity contribution in [3.63, 3.8) is 0 Å². The molecule has 126 valence electrons. The van der Waals surface area contributed by atoms with Crippen LogP contribution < -0.4 is 5.32 Å². The largest absolute Gasteiger partial charge is 0.408 e. The summed E-state index contributed by atoms with van der Waals surface area (Å²) in [5.41, 5.74) is -0.702. The molecule has 0 bridgehead atoms. The Bertz CT molecular complexity index is 688. The fraction of sp³-hybridized carbons (Fsp3) is 0.357. The molecule has 0 amide bonds. The predicted octanol–water partition coefficient (Wildman–Crippen LogP) is 4.86. The van der Waals surface area contributed by atoms with E-state index in [0.717, 1.165) is 19.1 Å². The van der Waals surface area contributed by atoms with Gasteiger partial charge in [0.1, 0.15) is 17.7 Å². The van der Waals surface area contributed by atoms with E-state index in [-0.39, 0.29) is 16.4 Å². The van der Waals surface area contributed by atoms with E-state index in [1.165, 1.54) is 10.9 Å². The molecule has 9 heteroatoms. The average molecular weight is 354 g/mol. The van der Waals surface area contributed by atoms with Crippen molar-refractivity contribution in [2.24, 2.45) is 0 Å². The molecule has 0 aliphatic carbocycles. The highest BCUT2D eigenvalue weighted by Gasteiger charge is 2.36. The summed E-state index contributed by atoms with van der Waals surface area (Å²) >= 11 is 5.91. The van der Waals surface area contributed by atoms with Crippen LogP contribution in [0.5, 0.6) is 0 Å². The predicted molar refractivity (Wildman–Crippen MR) is 77.4 cm³/mol. The van der Waals surface area contributed by atoms with E-state index in [2.05, 4.69) is 5.10 Å². The summed E-state index contributed by atoms with van der Waals surface area (Å²) in [6.07, 6.45) is -3.28. The van der Waals surface area contributed by atoms with Crippen LogP contribution in [0.2, 0.25) is 5.02 Å². The molecule has 1 aromatic carbocycles. The Balaban J connectivity index is 2.44. The Morgan fingerprint density at radius 1 is 1.26 bits per heavy atom. The molecular weight excluding hydrogens is 341 g/mol. The van der Waals surface area contributed by atoms with Crippen LogP contribution in [0.3, 0.4) is 0 Å². The Labute approximate surface area is 134 Å². The van der Waals surface area contributed by atoms with Crippen LogP contribution in [0.4, 0.5) is 27.6 Å². The quantitative estimate of drug-likeness (QED) is 0.795. The van der Waals surface area contributed by atoms with E-state index in [1.54, 1.807) is 6.92 Å². The highest BCUT2D eigenvalue weighted by atomic mass is 35.5. The van der Waals surface area contributed by atoms with Crippen molar-refractivity contribution >= 4 is 17.3 Å². The number of hydrogen-bond acceptors (Lipinski definition) is 2. The summed E-state index contributed by atoms with van der Waals surface area (Å²) < 4.78 is 67.3. The van der Waals surface area contributed by atoms with Crippen molar-refractivity contribution < 1.29 is 22.0 Å². The van der Waals surface area contributed by atoms with E-state index in [1.807, 2.05) is 5.32 Å². The fourth-order valence-corrected chi connectivity index (χ4v) is 2.30. The molecule has 1 aromatic heterocycles. The first kappa shape index (κ1) is 17.5. The first-order chi connectivity index (χ1) is 10.6. The minimum Gasteiger partial charge on any atom is -0.374 e. The number of hydrogen-bond donors (Lipinski definition) is 1. The summed E-state index contributed by atoms with van der Waals surface area (Å²) in [6, 6.07) is -0.356. The Morgan fingerprint density at radius 3 is 2.30 bits per heavy atom. The third-order valence-electron chi connectivity index (χ3n) is 3.25. The summed E-state index contributed by atoms with van der Waals surface area (Å²) in [7, 11) is 0. The van der Waals surface area contributed by atoms with Gasteiger partial charge in [-0.15, -0.1) is 0 Å². The summed E-state index contributed by atoms with van der Waals surface area (Å²) in [5.74, 6) is -2.06. The third kappa shape index (κ3) is 3.57. The maximum Gasteiger partial charge on any atom is 0.408 e. The van der Waals surface area contributed by atoms with Crippen molar-refractivity contribution in [1.82, 2.24) is 9.78 Å². The zero-order chi connectivity index (χ0) is 17.4. The van der Waals surface area contributed by atoms with E-state index >= 15 is 0 Å². The number of aromatic nitrogens is 2. The highest BCUT2D eigenvalue weighted by Crippen LogP contribution is 2.34. The minimum absolute atomic E-state index is 0.0413. The van der Waals surface area contributed by atoms with E-state index < -0.39 is 29.4 Å². The lowest BCUT2D eigenvalue weighted by atomic mass is 10.1. The fourth-order valence-electron chi connectivity index (χ4n) is 2.07. The maximum atomic E-state index is 14.3. The topological polar surface area (TPSA) is 29.9 Å². The smallest absolute Gasteiger partial charge is 0.374 e. The normalized spacial score (nSPS) is 13.2. The van der Waals surface area contributed by atoms with Crippen molar-refractivity contribution in [3.8, 4) is 11.3 Å². The number of nitrogens with zero attached hydrogens (tertiary/aromatic N) is 2. The Morgan fingerprint density at radius 2 is 1.83 bits per heavy atom. The van der Waals surface area contributed by atoms with Gasteiger partial charge in [0.15, 0.2) is 0 Å². The van der Waals surface area contributed by atoms with Crippen LogP contribution in [0, 0.1) is 11.6 Å². The van der Waals surface area contributed by atoms with Crippen molar-refractivity contribution in [1.29, 1.82) is 0 Å². The number of rotatable bonds is 4. The van der Waals surface area contributed by atoms with Gasteiger partial charge in [-0.2, -0.15) is 18.3 Å². The average Bonchev–Trinajstić information content (AvgIpc) is 2.78. The van der Waals surface area contributed by atoms with Crippen LogP contribution >= 0.6 is 11.6 Å². The van der Waals surface area contributed by atoms with Crippen LogP contribution in [0.15, 0.2) is 18.3 Å². The van der Waals surface area contributed by atoms with Gasteiger partial charge in [0.05, 0.1) is 22.5 Å². The molecule has 0 radical (unpaired) electrons. The van der Waals surface area contributed by atoms with Gasteiger partial charge >= 0.3 is 6.18 Å². The van der Waals surface area contributed by atoms with Crippen molar-refractivity contribution in [2.45, 2.75) is 32.6 Å². The lowest BCUT2D eigenvalue weighted by Crippen LogP contribution is -2.33. The van der Waals surface area contributed by atoms with E-state index in [9.17, 15) is 22.0 Å². The molecule has 0 unspecified atom stereocenters. The number of aryl methyl sites for hydroxylation is 1. The molecule has 0 saturated carbocycles. The van der Waals surface area contributed by atoms with Crippen molar-refractivity contribution in [2.75, 3.05) is 5.32 Å². The minimum atomic E-state index is -4.53. The lowest BCUT2D eigenvalue weighted by molar-refractivity contribution is -0.138. The SMILES string of the molecule is CCn1ncc(Cl)c1-c1c(F)cc(N[C@H](C)C(F)(F)F)cc1F. The second-order valence-electron chi connectivity index (χ2n) is 4.88. The van der Waals surface area contributed by atoms with Crippen molar-refractivity contribution in [3.05, 3.63) is 35.0 Å². The second-order valence-corrected chi connectivity index (χ2v) is 5.29. The highest BCUT2D eigenvalue weighted by molar-refractivity contribution is 6.33. The number of alkyl halides is 3. The zero-order valence-electron chi connectivity index (χ0n) is 12.2. The summed E-state index contributed by atoms with van der Waals surface area (Å²) in [5, 5.41) is 5.95. The lowest BCUT2D eigenvalue weighted by Gasteiger charge is -2.19. The molecule has 2 rings (SSSR count). The first-order valence-corrected chi connectivity index (χ1v) is 7.07. The van der Waals surface area contributed by atoms with E-state index in [0.29, 0.717) is 6.54 Å². The monoisotopic (exact) mass is 353 g/mol. The van der Waals surface area contributed by atoms with Gasteiger partial charge in [-0.3, -0.25) is 4.68 Å². The number of nitrogens with one attached hydrogen (secondary N) is 1. The second kappa shape index (κ2) is 6.35. The molecule has 1 heterocycles. The zero-order valence-corrected chi connectivity index (χ0v) is 12.9. The van der Waals surface area contributed by atoms with Crippen LogP contribution in [0.25, 0.3) is 11.3 Å². The number of halogens is 6.